The van der Waals surface area contributed by atoms with Crippen molar-refractivity contribution < 1.29 is 9.53 Å². The third-order valence-electron chi connectivity index (χ3n) is 4.34. The van der Waals surface area contributed by atoms with Crippen LogP contribution >= 0.6 is 23.1 Å². The number of carbonyl (C=O) groups is 1. The van der Waals surface area contributed by atoms with Crippen LogP contribution < -0.4 is 4.74 Å². The van der Waals surface area contributed by atoms with Crippen LogP contribution in [0.25, 0.3) is 10.2 Å². The highest BCUT2D eigenvalue weighted by Crippen LogP contribution is 2.34. The Morgan fingerprint density at radius 2 is 1.96 bits per heavy atom. The number of nitrogens with zero attached hydrogens (tertiary/aromatic N) is 3. The predicted molar refractivity (Wildman–Crippen MR) is 112 cm³/mol. The third-order valence-corrected chi connectivity index (χ3v) is 6.43. The van der Waals surface area contributed by atoms with Gasteiger partial charge >= 0.3 is 0 Å². The Labute approximate surface area is 167 Å². The molecule has 0 aliphatic carbocycles. The minimum atomic E-state index is 0.0743. The lowest BCUT2D eigenvalue weighted by atomic mass is 10.2. The number of amides is 1. The number of ether oxygens (including phenoxy) is 1. The molecule has 1 aromatic carbocycles. The molecule has 0 bridgehead atoms. The summed E-state index contributed by atoms with van der Waals surface area (Å²) >= 11 is 3.15. The smallest absolute Gasteiger partial charge is 0.233 e. The summed E-state index contributed by atoms with van der Waals surface area (Å²) in [6, 6.07) is 7.86. The molecular formula is C20H23N3O2S2. The molecule has 5 nitrogen and oxygen atoms in total. The van der Waals surface area contributed by atoms with Crippen LogP contribution in [0.3, 0.4) is 0 Å². The van der Waals surface area contributed by atoms with Crippen molar-refractivity contribution in [3.05, 3.63) is 46.6 Å². The number of fused-ring (bicyclic) bond motifs is 1. The van der Waals surface area contributed by atoms with E-state index in [2.05, 4.69) is 23.8 Å². The molecule has 0 N–H and O–H groups in total. The van der Waals surface area contributed by atoms with Crippen LogP contribution in [0.5, 0.6) is 5.75 Å². The fourth-order valence-corrected chi connectivity index (χ4v) is 4.78. The number of benzene rings is 1. The van der Waals surface area contributed by atoms with Gasteiger partial charge in [-0.25, -0.2) is 9.97 Å². The van der Waals surface area contributed by atoms with Gasteiger partial charge in [0.15, 0.2) is 0 Å². The Morgan fingerprint density at radius 3 is 2.67 bits per heavy atom. The van der Waals surface area contributed by atoms with Crippen molar-refractivity contribution in [3.8, 4) is 5.75 Å². The number of aryl methyl sites for hydroxylation is 2. The third kappa shape index (κ3) is 4.59. The Hall–Kier alpha value is -2.12. The van der Waals surface area contributed by atoms with Crippen LogP contribution in [-0.4, -0.2) is 40.2 Å². The zero-order valence-electron chi connectivity index (χ0n) is 16.0. The van der Waals surface area contributed by atoms with E-state index >= 15 is 0 Å². The van der Waals surface area contributed by atoms with Crippen LogP contribution in [0.4, 0.5) is 0 Å². The summed E-state index contributed by atoms with van der Waals surface area (Å²) in [6.07, 6.45) is 1.58. The van der Waals surface area contributed by atoms with Gasteiger partial charge < -0.3 is 9.64 Å². The number of thioether (sulfide) groups is 1. The highest BCUT2D eigenvalue weighted by molar-refractivity contribution is 8.00. The van der Waals surface area contributed by atoms with Crippen molar-refractivity contribution >= 4 is 39.2 Å². The molecule has 0 atom stereocenters. The summed E-state index contributed by atoms with van der Waals surface area (Å²) in [5, 5.41) is 1.96. The minimum absolute atomic E-state index is 0.0743. The maximum Gasteiger partial charge on any atom is 0.233 e. The molecule has 0 unspecified atom stereocenters. The van der Waals surface area contributed by atoms with Gasteiger partial charge in [-0.15, -0.1) is 11.3 Å². The molecule has 2 aromatic heterocycles. The number of hydrogen-bond acceptors (Lipinski definition) is 6. The first-order chi connectivity index (χ1) is 13.0. The second-order valence-corrected chi connectivity index (χ2v) is 8.42. The average molecular weight is 402 g/mol. The van der Waals surface area contributed by atoms with Gasteiger partial charge in [0.1, 0.15) is 21.9 Å². The molecule has 2 heterocycles. The molecule has 0 saturated carbocycles. The summed E-state index contributed by atoms with van der Waals surface area (Å²) in [5.41, 5.74) is 2.28. The molecular weight excluding hydrogens is 378 g/mol. The first kappa shape index (κ1) is 19.6. The highest BCUT2D eigenvalue weighted by Gasteiger charge is 2.15. The molecule has 0 radical (unpaired) electrons. The van der Waals surface area contributed by atoms with Crippen LogP contribution in [-0.2, 0) is 11.3 Å². The fourth-order valence-electron chi connectivity index (χ4n) is 2.72. The van der Waals surface area contributed by atoms with E-state index in [0.29, 0.717) is 18.9 Å². The molecule has 27 heavy (non-hydrogen) atoms. The van der Waals surface area contributed by atoms with Gasteiger partial charge in [-0.3, -0.25) is 4.79 Å². The molecule has 7 heteroatoms. The van der Waals surface area contributed by atoms with E-state index in [1.807, 2.05) is 38.2 Å². The van der Waals surface area contributed by atoms with E-state index in [0.717, 1.165) is 26.6 Å². The number of hydrogen-bond donors (Lipinski definition) is 0. The average Bonchev–Trinajstić information content (AvgIpc) is 2.96. The number of rotatable bonds is 7. The zero-order valence-corrected chi connectivity index (χ0v) is 17.6. The van der Waals surface area contributed by atoms with Gasteiger partial charge in [0, 0.05) is 23.9 Å². The van der Waals surface area contributed by atoms with Crippen molar-refractivity contribution in [2.24, 2.45) is 0 Å². The fraction of sp³-hybridized carbons (Fsp3) is 0.350. The minimum Gasteiger partial charge on any atom is -0.494 e. The van der Waals surface area contributed by atoms with Gasteiger partial charge in [0.2, 0.25) is 5.91 Å². The lowest BCUT2D eigenvalue weighted by Gasteiger charge is -2.17. The van der Waals surface area contributed by atoms with E-state index in [1.165, 1.54) is 22.2 Å². The van der Waals surface area contributed by atoms with Gasteiger partial charge in [-0.2, -0.15) is 0 Å². The quantitative estimate of drug-likeness (QED) is 0.432. The summed E-state index contributed by atoms with van der Waals surface area (Å²) < 4.78 is 5.45. The SMILES string of the molecule is CCOc1ccc(CN(C)C(=O)CSc2ncnc3sc(C)c(C)c23)cc1. The maximum absolute atomic E-state index is 12.6. The van der Waals surface area contributed by atoms with Crippen LogP contribution in [0.15, 0.2) is 35.6 Å². The van der Waals surface area contributed by atoms with Crippen molar-refractivity contribution in [1.82, 2.24) is 14.9 Å². The van der Waals surface area contributed by atoms with Crippen molar-refractivity contribution in [3.63, 3.8) is 0 Å². The standard InChI is InChI=1S/C20H23N3O2S2/c1-5-25-16-8-6-15(7-9-16)10-23(4)17(24)11-26-19-18-13(2)14(3)27-20(18)22-12-21-19/h6-9,12H,5,10-11H2,1-4H3. The molecule has 3 rings (SSSR count). The van der Waals surface area contributed by atoms with Crippen LogP contribution in [0.2, 0.25) is 0 Å². The second-order valence-electron chi connectivity index (χ2n) is 6.26. The number of aromatic nitrogens is 2. The van der Waals surface area contributed by atoms with E-state index in [1.54, 1.807) is 22.6 Å². The summed E-state index contributed by atoms with van der Waals surface area (Å²) in [7, 11) is 1.83. The van der Waals surface area contributed by atoms with E-state index < -0.39 is 0 Å². The maximum atomic E-state index is 12.6. The molecule has 3 aromatic rings. The molecule has 142 valence electrons. The molecule has 0 spiro atoms. The van der Waals surface area contributed by atoms with Gasteiger partial charge in [0.25, 0.3) is 0 Å². The number of thiophene rings is 1. The Kier molecular flexibility index (Phi) is 6.34. The lowest BCUT2D eigenvalue weighted by Crippen LogP contribution is -2.27. The van der Waals surface area contributed by atoms with E-state index in [4.69, 9.17) is 4.74 Å². The normalized spacial score (nSPS) is 11.0. The second kappa shape index (κ2) is 8.71. The monoisotopic (exact) mass is 401 g/mol. The van der Waals surface area contributed by atoms with Crippen molar-refractivity contribution in [2.75, 3.05) is 19.4 Å². The van der Waals surface area contributed by atoms with Gasteiger partial charge in [-0.1, -0.05) is 23.9 Å². The van der Waals surface area contributed by atoms with Crippen LogP contribution in [0.1, 0.15) is 22.9 Å². The first-order valence-electron chi connectivity index (χ1n) is 8.78. The summed E-state index contributed by atoms with van der Waals surface area (Å²) in [4.78, 5) is 25.3. The Bertz CT molecular complexity index is 938. The molecule has 0 aliphatic heterocycles. The summed E-state index contributed by atoms with van der Waals surface area (Å²) in [5.74, 6) is 1.28. The van der Waals surface area contributed by atoms with E-state index in [-0.39, 0.29) is 5.91 Å². The summed E-state index contributed by atoms with van der Waals surface area (Å²) in [6.45, 7) is 7.35. The Balaban J connectivity index is 1.62. The Morgan fingerprint density at radius 1 is 1.22 bits per heavy atom. The highest BCUT2D eigenvalue weighted by atomic mass is 32.2. The van der Waals surface area contributed by atoms with Crippen molar-refractivity contribution in [1.29, 1.82) is 0 Å². The van der Waals surface area contributed by atoms with Gasteiger partial charge in [0.05, 0.1) is 12.4 Å². The topological polar surface area (TPSA) is 55.3 Å². The van der Waals surface area contributed by atoms with E-state index in [9.17, 15) is 4.79 Å². The predicted octanol–water partition coefficient (Wildman–Crippen LogP) is 4.46. The molecule has 0 aliphatic rings. The van der Waals surface area contributed by atoms with Crippen molar-refractivity contribution in [2.45, 2.75) is 32.3 Å². The first-order valence-corrected chi connectivity index (χ1v) is 10.6. The number of carbonyl (C=O) groups excluding carboxylic acids is 1. The van der Waals surface area contributed by atoms with Crippen LogP contribution in [0, 0.1) is 13.8 Å². The zero-order chi connectivity index (χ0) is 19.4. The molecule has 1 amide bonds. The largest absolute Gasteiger partial charge is 0.494 e. The molecule has 0 saturated heterocycles. The molecule has 0 fully saturated rings. The lowest BCUT2D eigenvalue weighted by molar-refractivity contribution is -0.127. The van der Waals surface area contributed by atoms with Gasteiger partial charge in [-0.05, 0) is 44.0 Å².